The monoisotopic (exact) mass is 317 g/mol. The number of carbonyl (C=O) groups excluding carboxylic acids is 1. The Labute approximate surface area is 123 Å². The first kappa shape index (κ1) is 16.2. The second-order valence-electron chi connectivity index (χ2n) is 4.55. The minimum Gasteiger partial charge on any atom is -0.387 e. The zero-order chi connectivity index (χ0) is 15.4. The van der Waals surface area contributed by atoms with E-state index in [2.05, 4.69) is 0 Å². The number of nitrogens with two attached hydrogens (primary N) is 1. The fraction of sp³-hybridized carbons (Fsp3) is 0.500. The molecule has 0 radical (unpaired) electrons. The topological polar surface area (TPSA) is 115 Å². The van der Waals surface area contributed by atoms with E-state index in [1.807, 2.05) is 0 Å². The zero-order valence-corrected chi connectivity index (χ0v) is 12.4. The molecule has 1 fully saturated rings. The van der Waals surface area contributed by atoms with Gasteiger partial charge < -0.3 is 29.7 Å². The predicted octanol–water partition coefficient (Wildman–Crippen LogP) is -1.14. The summed E-state index contributed by atoms with van der Waals surface area (Å²) in [6.45, 7) is 0.0943. The number of amides is 1. The molecule has 1 aliphatic heterocycles. The molecule has 4 N–H and O–H groups in total. The predicted molar refractivity (Wildman–Crippen MR) is 72.4 cm³/mol. The second kappa shape index (κ2) is 7.22. The number of aromatic nitrogens is 1. The van der Waals surface area contributed by atoms with E-state index in [-0.39, 0.29) is 21.2 Å². The molecule has 1 aromatic heterocycles. The lowest BCUT2D eigenvalue weighted by atomic mass is 10.1. The highest BCUT2D eigenvalue weighted by atomic mass is 31.1. The van der Waals surface area contributed by atoms with Crippen LogP contribution in [0, 0.1) is 0 Å². The SMILES string of the molecule is COPOCC1O[C@@H]([n+]2cccc(C(N)=O)c2)C(O)C1O. The molecule has 4 unspecified atom stereocenters. The van der Waals surface area contributed by atoms with Crippen LogP contribution in [0.1, 0.15) is 16.6 Å². The van der Waals surface area contributed by atoms with Gasteiger partial charge in [0.25, 0.3) is 12.1 Å². The third kappa shape index (κ3) is 3.74. The van der Waals surface area contributed by atoms with E-state index in [1.165, 1.54) is 17.9 Å². The largest absolute Gasteiger partial charge is 0.387 e. The van der Waals surface area contributed by atoms with Gasteiger partial charge in [0.1, 0.15) is 17.8 Å². The zero-order valence-electron chi connectivity index (χ0n) is 11.4. The van der Waals surface area contributed by atoms with E-state index in [9.17, 15) is 15.0 Å². The molecule has 1 saturated heterocycles. The van der Waals surface area contributed by atoms with Gasteiger partial charge in [-0.25, -0.2) is 0 Å². The summed E-state index contributed by atoms with van der Waals surface area (Å²) in [7, 11) is 1.33. The van der Waals surface area contributed by atoms with Gasteiger partial charge in [0, 0.05) is 13.2 Å². The molecule has 1 amide bonds. The number of carbonyl (C=O) groups is 1. The van der Waals surface area contributed by atoms with Crippen molar-refractivity contribution < 1.29 is 33.4 Å². The van der Waals surface area contributed by atoms with E-state index in [4.69, 9.17) is 19.5 Å². The quantitative estimate of drug-likeness (QED) is 0.347. The summed E-state index contributed by atoms with van der Waals surface area (Å²) < 4.78 is 17.0. The van der Waals surface area contributed by atoms with Crippen LogP contribution in [-0.2, 0) is 13.8 Å². The number of aliphatic hydroxyl groups is 2. The Kier molecular flexibility index (Phi) is 5.58. The van der Waals surface area contributed by atoms with Crippen molar-refractivity contribution in [3.63, 3.8) is 0 Å². The van der Waals surface area contributed by atoms with Crippen LogP contribution in [-0.4, -0.2) is 48.1 Å². The van der Waals surface area contributed by atoms with Gasteiger partial charge in [0.2, 0.25) is 0 Å². The molecule has 116 valence electrons. The van der Waals surface area contributed by atoms with Crippen LogP contribution < -0.4 is 10.3 Å². The van der Waals surface area contributed by atoms with Crippen LogP contribution in [0.3, 0.4) is 0 Å². The number of hydrogen-bond donors (Lipinski definition) is 3. The van der Waals surface area contributed by atoms with Crippen molar-refractivity contribution in [2.45, 2.75) is 24.5 Å². The number of primary amides is 1. The Morgan fingerprint density at radius 2 is 2.29 bits per heavy atom. The van der Waals surface area contributed by atoms with Crippen molar-refractivity contribution in [3.05, 3.63) is 30.1 Å². The molecule has 21 heavy (non-hydrogen) atoms. The number of hydrogen-bond acceptors (Lipinski definition) is 6. The Balaban J connectivity index is 2.10. The molecular formula is C12H18N2O6P+. The molecule has 1 aliphatic rings. The molecule has 0 aliphatic carbocycles. The molecule has 0 aromatic carbocycles. The maximum atomic E-state index is 11.2. The minimum absolute atomic E-state index is 0.0943. The first-order valence-electron chi connectivity index (χ1n) is 6.26. The molecule has 0 bridgehead atoms. The van der Waals surface area contributed by atoms with Crippen molar-refractivity contribution >= 4 is 14.9 Å². The number of aliphatic hydroxyl groups excluding tert-OH is 2. The van der Waals surface area contributed by atoms with E-state index < -0.39 is 30.4 Å². The van der Waals surface area contributed by atoms with Gasteiger partial charge in [-0.05, 0) is 6.07 Å². The second-order valence-corrected chi connectivity index (χ2v) is 5.41. The number of rotatable bonds is 6. The van der Waals surface area contributed by atoms with Crippen LogP contribution in [0.2, 0.25) is 0 Å². The summed E-state index contributed by atoms with van der Waals surface area (Å²) in [6, 6.07) is 3.16. The molecular weight excluding hydrogens is 299 g/mol. The van der Waals surface area contributed by atoms with Gasteiger partial charge in [-0.3, -0.25) is 4.79 Å². The van der Waals surface area contributed by atoms with Crippen molar-refractivity contribution in [3.8, 4) is 0 Å². The van der Waals surface area contributed by atoms with Crippen molar-refractivity contribution in [2.24, 2.45) is 5.73 Å². The van der Waals surface area contributed by atoms with Crippen LogP contribution in [0.25, 0.3) is 0 Å². The fourth-order valence-corrected chi connectivity index (χ4v) is 2.44. The van der Waals surface area contributed by atoms with Gasteiger partial charge >= 0.3 is 0 Å². The average Bonchev–Trinajstić information content (AvgIpc) is 2.76. The summed E-state index contributed by atoms with van der Waals surface area (Å²) in [5, 5.41) is 20.0. The summed E-state index contributed by atoms with van der Waals surface area (Å²) >= 11 is 0. The third-order valence-electron chi connectivity index (χ3n) is 3.13. The van der Waals surface area contributed by atoms with Gasteiger partial charge in [0.15, 0.2) is 27.5 Å². The van der Waals surface area contributed by atoms with E-state index >= 15 is 0 Å². The number of nitrogens with zero attached hydrogens (tertiary/aromatic N) is 1. The Morgan fingerprint density at radius 3 is 2.95 bits per heavy atom. The number of ether oxygens (including phenoxy) is 1. The summed E-state index contributed by atoms with van der Waals surface area (Å²) in [5.41, 5.74) is 5.49. The van der Waals surface area contributed by atoms with Crippen molar-refractivity contribution in [1.29, 1.82) is 0 Å². The average molecular weight is 317 g/mol. The van der Waals surface area contributed by atoms with Gasteiger partial charge in [0.05, 0.1) is 6.61 Å². The van der Waals surface area contributed by atoms with Crippen molar-refractivity contribution in [1.82, 2.24) is 0 Å². The van der Waals surface area contributed by atoms with Gasteiger partial charge in [-0.15, -0.1) is 0 Å². The Morgan fingerprint density at radius 1 is 1.52 bits per heavy atom. The van der Waals surface area contributed by atoms with Crippen LogP contribution in [0.15, 0.2) is 24.5 Å². The Bertz CT molecular complexity index is 502. The highest BCUT2D eigenvalue weighted by Crippen LogP contribution is 2.27. The standard InChI is InChI=1S/C12H17N2O6P/c1-18-21-19-6-8-9(15)10(16)12(20-8)14-4-2-3-7(5-14)11(13)17/h2-5,8-10,12,15-16,21H,6H2,1H3,(H-,13,17)/p+1/t8?,9?,10?,12-/m1/s1. The number of pyridine rings is 1. The minimum atomic E-state index is -1.14. The van der Waals surface area contributed by atoms with Gasteiger partial charge in [-0.1, -0.05) is 0 Å². The van der Waals surface area contributed by atoms with Gasteiger partial charge in [-0.2, -0.15) is 4.57 Å². The Hall–Kier alpha value is -1.15. The van der Waals surface area contributed by atoms with Crippen LogP contribution in [0.4, 0.5) is 0 Å². The lowest BCUT2D eigenvalue weighted by Crippen LogP contribution is -2.46. The van der Waals surface area contributed by atoms with Crippen LogP contribution in [0.5, 0.6) is 0 Å². The molecule has 1 aromatic rings. The maximum Gasteiger partial charge on any atom is 0.292 e. The molecule has 2 rings (SSSR count). The summed E-state index contributed by atoms with van der Waals surface area (Å²) in [6.07, 6.45) is -0.661. The molecule has 9 heteroatoms. The molecule has 0 saturated carbocycles. The molecule has 0 spiro atoms. The highest BCUT2D eigenvalue weighted by molar-refractivity contribution is 7.26. The highest BCUT2D eigenvalue weighted by Gasteiger charge is 2.48. The first-order valence-corrected chi connectivity index (χ1v) is 7.08. The van der Waals surface area contributed by atoms with Crippen LogP contribution >= 0.6 is 9.03 Å². The fourth-order valence-electron chi connectivity index (χ4n) is 2.09. The maximum absolute atomic E-state index is 11.2. The smallest absolute Gasteiger partial charge is 0.292 e. The third-order valence-corrected chi connectivity index (χ3v) is 3.58. The lowest BCUT2D eigenvalue weighted by molar-refractivity contribution is -0.765. The molecule has 8 nitrogen and oxygen atoms in total. The van der Waals surface area contributed by atoms with Crippen molar-refractivity contribution in [2.75, 3.05) is 13.7 Å². The normalized spacial score (nSPS) is 29.3. The van der Waals surface area contributed by atoms with E-state index in [0.717, 1.165) is 0 Å². The lowest BCUT2D eigenvalue weighted by Gasteiger charge is -2.12. The molecule has 2 heterocycles. The summed E-state index contributed by atoms with van der Waals surface area (Å²) in [5.74, 6) is -0.585. The van der Waals surface area contributed by atoms with E-state index in [1.54, 1.807) is 18.3 Å². The summed E-state index contributed by atoms with van der Waals surface area (Å²) in [4.78, 5) is 11.2. The van der Waals surface area contributed by atoms with E-state index in [0.29, 0.717) is 0 Å². The first-order chi connectivity index (χ1) is 10.0. The molecule has 5 atom stereocenters.